The smallest absolute Gasteiger partial charge is 0.368 e. The Labute approximate surface area is 135 Å². The summed E-state index contributed by atoms with van der Waals surface area (Å²) in [6.45, 7) is 4.54. The molecule has 116 valence electrons. The maximum Gasteiger partial charge on any atom is 0.368 e. The number of aryl methyl sites for hydroxylation is 1. The van der Waals surface area contributed by atoms with Crippen LogP contribution >= 0.6 is 0 Å². The lowest BCUT2D eigenvalue weighted by atomic mass is 9.97. The molecule has 3 rings (SSSR count). The molecule has 0 atom stereocenters. The predicted molar refractivity (Wildman–Crippen MR) is 89.4 cm³/mol. The van der Waals surface area contributed by atoms with Crippen molar-refractivity contribution in [3.05, 3.63) is 70.8 Å². The fourth-order valence-corrected chi connectivity index (χ4v) is 2.44. The number of hydrogen-bond acceptors (Lipinski definition) is 4. The molecular weight excluding hydrogens is 290 g/mol. The van der Waals surface area contributed by atoms with Gasteiger partial charge >= 0.3 is 5.97 Å². The van der Waals surface area contributed by atoms with Crippen molar-refractivity contribution in [3.8, 4) is 5.75 Å². The molecular formula is C19H17NO3. The number of hydrogen-bond donors (Lipinski definition) is 0. The van der Waals surface area contributed by atoms with E-state index in [4.69, 9.17) is 9.57 Å². The van der Waals surface area contributed by atoms with Crippen LogP contribution in [0, 0.1) is 6.92 Å². The predicted octanol–water partition coefficient (Wildman–Crippen LogP) is 3.74. The van der Waals surface area contributed by atoms with Crippen molar-refractivity contribution >= 4 is 17.8 Å². The van der Waals surface area contributed by atoms with Crippen molar-refractivity contribution in [2.24, 2.45) is 5.16 Å². The van der Waals surface area contributed by atoms with Gasteiger partial charge in [-0.05, 0) is 43.2 Å². The molecule has 1 aliphatic rings. The molecule has 0 amide bonds. The molecule has 0 fully saturated rings. The van der Waals surface area contributed by atoms with Gasteiger partial charge in [0.1, 0.15) is 11.5 Å². The monoisotopic (exact) mass is 307 g/mol. The number of carbonyl (C=O) groups excluding carboxylic acids is 1. The van der Waals surface area contributed by atoms with Crippen LogP contribution < -0.4 is 4.74 Å². The molecule has 0 radical (unpaired) electrons. The quantitative estimate of drug-likeness (QED) is 0.638. The van der Waals surface area contributed by atoms with Crippen LogP contribution in [0.3, 0.4) is 0 Å². The maximum atomic E-state index is 12.0. The van der Waals surface area contributed by atoms with Crippen LogP contribution in [0.5, 0.6) is 5.75 Å². The van der Waals surface area contributed by atoms with Crippen LogP contribution in [0.15, 0.2) is 59.3 Å². The van der Waals surface area contributed by atoms with Crippen LogP contribution in [-0.2, 0) is 9.63 Å². The lowest BCUT2D eigenvalue weighted by Crippen LogP contribution is -2.08. The van der Waals surface area contributed by atoms with Gasteiger partial charge in [-0.25, -0.2) is 4.79 Å². The summed E-state index contributed by atoms with van der Waals surface area (Å²) < 4.78 is 5.42. The average Bonchev–Trinajstić information content (AvgIpc) is 2.91. The summed E-state index contributed by atoms with van der Waals surface area (Å²) in [5, 5.41) is 3.95. The third-order valence-electron chi connectivity index (χ3n) is 3.60. The van der Waals surface area contributed by atoms with Crippen molar-refractivity contribution < 1.29 is 14.4 Å². The summed E-state index contributed by atoms with van der Waals surface area (Å²) in [7, 11) is 0. The maximum absolute atomic E-state index is 12.0. The third-order valence-corrected chi connectivity index (χ3v) is 3.60. The summed E-state index contributed by atoms with van der Waals surface area (Å²) in [6.07, 6.45) is 1.79. The highest BCUT2D eigenvalue weighted by Gasteiger charge is 2.27. The first-order valence-electron chi connectivity index (χ1n) is 7.49. The van der Waals surface area contributed by atoms with Gasteiger partial charge in [-0.1, -0.05) is 41.6 Å². The van der Waals surface area contributed by atoms with Crippen LogP contribution in [-0.4, -0.2) is 18.3 Å². The number of ether oxygens (including phenoxy) is 1. The molecule has 0 unspecified atom stereocenters. The van der Waals surface area contributed by atoms with Crippen molar-refractivity contribution in [1.82, 2.24) is 0 Å². The largest absolute Gasteiger partial charge is 0.494 e. The molecule has 4 nitrogen and oxygen atoms in total. The fourth-order valence-electron chi connectivity index (χ4n) is 2.44. The Morgan fingerprint density at radius 1 is 1.13 bits per heavy atom. The standard InChI is InChI=1S/C19H17NO3/c1-3-22-15-10-8-14(9-11-15)12-17-18(20-23-19(17)21)16-7-5-4-6-13(16)2/h4-12H,3H2,1-2H3/b17-12-. The molecule has 0 aliphatic carbocycles. The minimum atomic E-state index is -0.433. The molecule has 1 heterocycles. The van der Waals surface area contributed by atoms with Crippen molar-refractivity contribution in [2.75, 3.05) is 6.61 Å². The lowest BCUT2D eigenvalue weighted by molar-refractivity contribution is -0.136. The van der Waals surface area contributed by atoms with E-state index >= 15 is 0 Å². The Morgan fingerprint density at radius 3 is 2.57 bits per heavy atom. The topological polar surface area (TPSA) is 47.9 Å². The summed E-state index contributed by atoms with van der Waals surface area (Å²) in [4.78, 5) is 16.9. The first-order chi connectivity index (χ1) is 11.2. The number of rotatable bonds is 4. The van der Waals surface area contributed by atoms with E-state index in [1.54, 1.807) is 6.08 Å². The van der Waals surface area contributed by atoms with E-state index < -0.39 is 5.97 Å². The molecule has 2 aromatic carbocycles. The van der Waals surface area contributed by atoms with Crippen LogP contribution in [0.2, 0.25) is 0 Å². The van der Waals surface area contributed by atoms with E-state index in [1.165, 1.54) is 0 Å². The zero-order chi connectivity index (χ0) is 16.2. The minimum Gasteiger partial charge on any atom is -0.494 e. The van der Waals surface area contributed by atoms with Gasteiger partial charge < -0.3 is 9.57 Å². The van der Waals surface area contributed by atoms with Gasteiger partial charge in [0.05, 0.1) is 12.2 Å². The number of carbonyl (C=O) groups is 1. The zero-order valence-corrected chi connectivity index (χ0v) is 13.1. The molecule has 2 aromatic rings. The van der Waals surface area contributed by atoms with Gasteiger partial charge in [0.2, 0.25) is 0 Å². The average molecular weight is 307 g/mol. The van der Waals surface area contributed by atoms with E-state index in [1.807, 2.05) is 62.4 Å². The molecule has 0 bridgehead atoms. The molecule has 0 saturated carbocycles. The van der Waals surface area contributed by atoms with Gasteiger partial charge in [-0.2, -0.15) is 0 Å². The Hall–Kier alpha value is -2.88. The van der Waals surface area contributed by atoms with E-state index in [0.29, 0.717) is 17.9 Å². The van der Waals surface area contributed by atoms with Crippen molar-refractivity contribution in [3.63, 3.8) is 0 Å². The molecule has 1 aliphatic heterocycles. The molecule has 0 saturated heterocycles. The SMILES string of the molecule is CCOc1ccc(/C=C2\C(=O)ON=C2c2ccccc2C)cc1. The Morgan fingerprint density at radius 2 is 1.87 bits per heavy atom. The lowest BCUT2D eigenvalue weighted by Gasteiger charge is -2.05. The van der Waals surface area contributed by atoms with E-state index in [0.717, 1.165) is 22.4 Å². The number of nitrogens with zero attached hydrogens (tertiary/aromatic N) is 1. The summed E-state index contributed by atoms with van der Waals surface area (Å²) >= 11 is 0. The fraction of sp³-hybridized carbons (Fsp3) is 0.158. The van der Waals surface area contributed by atoms with Crippen LogP contribution in [0.4, 0.5) is 0 Å². The highest BCUT2D eigenvalue weighted by molar-refractivity contribution is 6.31. The third kappa shape index (κ3) is 3.16. The second kappa shape index (κ2) is 6.48. The van der Waals surface area contributed by atoms with Crippen molar-refractivity contribution in [2.45, 2.75) is 13.8 Å². The van der Waals surface area contributed by atoms with Crippen LogP contribution in [0.1, 0.15) is 23.6 Å². The van der Waals surface area contributed by atoms with E-state index in [-0.39, 0.29) is 0 Å². The Bertz CT molecular complexity index is 789. The summed E-state index contributed by atoms with van der Waals surface area (Å²) in [6, 6.07) is 15.3. The molecule has 0 N–H and O–H groups in total. The first kappa shape index (κ1) is 15.0. The van der Waals surface area contributed by atoms with E-state index in [2.05, 4.69) is 5.16 Å². The zero-order valence-electron chi connectivity index (χ0n) is 13.1. The highest BCUT2D eigenvalue weighted by Crippen LogP contribution is 2.23. The second-order valence-electron chi connectivity index (χ2n) is 5.19. The Balaban J connectivity index is 1.95. The normalized spacial score (nSPS) is 15.5. The Kier molecular flexibility index (Phi) is 4.24. The molecule has 23 heavy (non-hydrogen) atoms. The second-order valence-corrected chi connectivity index (χ2v) is 5.19. The number of benzene rings is 2. The van der Waals surface area contributed by atoms with Gasteiger partial charge in [0.25, 0.3) is 0 Å². The van der Waals surface area contributed by atoms with Gasteiger partial charge in [-0.3, -0.25) is 0 Å². The summed E-state index contributed by atoms with van der Waals surface area (Å²) in [5.74, 6) is 0.369. The molecule has 4 heteroatoms. The van der Waals surface area contributed by atoms with E-state index in [9.17, 15) is 4.79 Å². The summed E-state index contributed by atoms with van der Waals surface area (Å²) in [5.41, 5.74) is 3.87. The van der Waals surface area contributed by atoms with Gasteiger partial charge in [0.15, 0.2) is 0 Å². The molecule has 0 spiro atoms. The van der Waals surface area contributed by atoms with Crippen LogP contribution in [0.25, 0.3) is 6.08 Å². The van der Waals surface area contributed by atoms with Crippen molar-refractivity contribution in [1.29, 1.82) is 0 Å². The van der Waals surface area contributed by atoms with Gasteiger partial charge in [0, 0.05) is 5.56 Å². The minimum absolute atomic E-state index is 0.433. The highest BCUT2D eigenvalue weighted by atomic mass is 16.7. The molecule has 0 aromatic heterocycles. The van der Waals surface area contributed by atoms with Gasteiger partial charge in [-0.15, -0.1) is 0 Å². The number of oxime groups is 1. The first-order valence-corrected chi connectivity index (χ1v) is 7.49.